The maximum absolute atomic E-state index is 5.73. The Morgan fingerprint density at radius 3 is 2.75 bits per heavy atom. The summed E-state index contributed by atoms with van der Waals surface area (Å²) in [5, 5.41) is 0. The second-order valence-corrected chi connectivity index (χ2v) is 4.97. The predicted octanol–water partition coefficient (Wildman–Crippen LogP) is 2.56. The molecule has 0 bridgehead atoms. The van der Waals surface area contributed by atoms with Gasteiger partial charge in [-0.3, -0.25) is 0 Å². The van der Waals surface area contributed by atoms with Gasteiger partial charge in [-0.25, -0.2) is 0 Å². The third-order valence-electron chi connectivity index (χ3n) is 3.15. The van der Waals surface area contributed by atoms with Crippen molar-refractivity contribution in [1.82, 2.24) is 0 Å². The van der Waals surface area contributed by atoms with Gasteiger partial charge in [0.05, 0.1) is 0 Å². The molecule has 0 saturated heterocycles. The van der Waals surface area contributed by atoms with Crippen molar-refractivity contribution in [3.8, 4) is 0 Å². The number of nitrogens with zero attached hydrogens (tertiary/aromatic N) is 1. The van der Waals surface area contributed by atoms with Crippen LogP contribution in [0.5, 0.6) is 0 Å². The van der Waals surface area contributed by atoms with Crippen molar-refractivity contribution >= 4 is 22.9 Å². The lowest BCUT2D eigenvalue weighted by atomic mass is 10.1. The number of hydrogen-bond acceptors (Lipinski definition) is 2. The first-order valence-electron chi connectivity index (χ1n) is 5.78. The Labute approximate surface area is 102 Å². The fourth-order valence-corrected chi connectivity index (χ4v) is 2.09. The van der Waals surface area contributed by atoms with Crippen LogP contribution in [-0.4, -0.2) is 18.6 Å². The first-order valence-corrected chi connectivity index (χ1v) is 6.19. The smallest absolute Gasteiger partial charge is 0.106 e. The fraction of sp³-hybridized carbons (Fsp3) is 0.462. The molecule has 2 N–H and O–H groups in total. The molecule has 0 aromatic heterocycles. The average molecular weight is 234 g/mol. The van der Waals surface area contributed by atoms with Crippen LogP contribution in [0, 0.1) is 5.92 Å². The van der Waals surface area contributed by atoms with E-state index in [1.165, 1.54) is 19.3 Å². The van der Waals surface area contributed by atoms with E-state index in [-0.39, 0.29) is 0 Å². The lowest BCUT2D eigenvalue weighted by Crippen LogP contribution is -2.23. The van der Waals surface area contributed by atoms with Crippen LogP contribution >= 0.6 is 12.2 Å². The van der Waals surface area contributed by atoms with E-state index in [1.54, 1.807) is 0 Å². The van der Waals surface area contributed by atoms with Gasteiger partial charge in [-0.1, -0.05) is 37.2 Å². The maximum Gasteiger partial charge on any atom is 0.106 e. The van der Waals surface area contributed by atoms with Gasteiger partial charge in [-0.15, -0.1) is 0 Å². The molecule has 1 aromatic rings. The number of anilines is 1. The Morgan fingerprint density at radius 2 is 2.12 bits per heavy atom. The van der Waals surface area contributed by atoms with E-state index >= 15 is 0 Å². The summed E-state index contributed by atoms with van der Waals surface area (Å²) in [7, 11) is 2.11. The van der Waals surface area contributed by atoms with Gasteiger partial charge in [0.2, 0.25) is 0 Å². The number of hydrogen-bond donors (Lipinski definition) is 1. The quantitative estimate of drug-likeness (QED) is 0.794. The number of thiocarbonyl (C=S) groups is 1. The highest BCUT2D eigenvalue weighted by Crippen LogP contribution is 2.33. The SMILES string of the molecule is CN(CCC1CC1)c1ccccc1C(N)=S. The second-order valence-electron chi connectivity index (χ2n) is 4.54. The van der Waals surface area contributed by atoms with E-state index < -0.39 is 0 Å². The van der Waals surface area contributed by atoms with Crippen LogP contribution in [-0.2, 0) is 0 Å². The van der Waals surface area contributed by atoms with Crippen molar-refractivity contribution in [2.45, 2.75) is 19.3 Å². The van der Waals surface area contributed by atoms with Gasteiger partial charge in [-0.2, -0.15) is 0 Å². The number of benzene rings is 1. The van der Waals surface area contributed by atoms with Crippen LogP contribution in [0.1, 0.15) is 24.8 Å². The molecule has 16 heavy (non-hydrogen) atoms. The third kappa shape index (κ3) is 2.73. The first-order chi connectivity index (χ1) is 7.68. The summed E-state index contributed by atoms with van der Waals surface area (Å²) in [6.45, 7) is 1.09. The summed E-state index contributed by atoms with van der Waals surface area (Å²) in [6, 6.07) is 8.09. The van der Waals surface area contributed by atoms with Crippen LogP contribution in [0.25, 0.3) is 0 Å². The molecule has 1 fully saturated rings. The highest BCUT2D eigenvalue weighted by atomic mass is 32.1. The lowest BCUT2D eigenvalue weighted by Gasteiger charge is -2.22. The largest absolute Gasteiger partial charge is 0.389 e. The standard InChI is InChI=1S/C13H18N2S/c1-15(9-8-10-6-7-10)12-5-3-2-4-11(12)13(14)16/h2-5,10H,6-9H2,1H3,(H2,14,16). The van der Waals surface area contributed by atoms with E-state index in [2.05, 4.69) is 18.0 Å². The molecule has 0 radical (unpaired) electrons. The highest BCUT2D eigenvalue weighted by Gasteiger charge is 2.21. The molecule has 1 aliphatic carbocycles. The lowest BCUT2D eigenvalue weighted by molar-refractivity contribution is 0.711. The second kappa shape index (κ2) is 4.83. The van der Waals surface area contributed by atoms with Gasteiger partial charge in [0.1, 0.15) is 4.99 Å². The van der Waals surface area contributed by atoms with Crippen molar-refractivity contribution in [2.75, 3.05) is 18.5 Å². The van der Waals surface area contributed by atoms with Gasteiger partial charge < -0.3 is 10.6 Å². The maximum atomic E-state index is 5.73. The number of rotatable bonds is 5. The van der Waals surface area contributed by atoms with Crippen LogP contribution in [0.3, 0.4) is 0 Å². The summed E-state index contributed by atoms with van der Waals surface area (Å²) in [5.74, 6) is 0.958. The zero-order valence-electron chi connectivity index (χ0n) is 9.65. The Balaban J connectivity index is 2.07. The monoisotopic (exact) mass is 234 g/mol. The molecular formula is C13H18N2S. The molecule has 1 aromatic carbocycles. The van der Waals surface area contributed by atoms with Crippen LogP contribution in [0.15, 0.2) is 24.3 Å². The van der Waals surface area contributed by atoms with Crippen molar-refractivity contribution in [3.05, 3.63) is 29.8 Å². The van der Waals surface area contributed by atoms with Crippen molar-refractivity contribution in [3.63, 3.8) is 0 Å². The molecule has 0 heterocycles. The summed E-state index contributed by atoms with van der Waals surface area (Å²) < 4.78 is 0. The molecule has 0 amide bonds. The topological polar surface area (TPSA) is 29.3 Å². The Bertz CT molecular complexity index is 385. The summed E-state index contributed by atoms with van der Waals surface area (Å²) in [4.78, 5) is 2.74. The van der Waals surface area contributed by atoms with Gasteiger partial charge in [0, 0.05) is 24.8 Å². The molecule has 0 atom stereocenters. The zero-order valence-corrected chi connectivity index (χ0v) is 10.5. The molecule has 2 rings (SSSR count). The molecule has 0 spiro atoms. The molecule has 3 heteroatoms. The molecule has 0 aliphatic heterocycles. The van der Waals surface area contributed by atoms with Gasteiger partial charge in [0.25, 0.3) is 0 Å². The van der Waals surface area contributed by atoms with E-state index in [9.17, 15) is 0 Å². The number of nitrogens with two attached hydrogens (primary N) is 1. The summed E-state index contributed by atoms with van der Waals surface area (Å²) in [6.07, 6.45) is 4.09. The summed E-state index contributed by atoms with van der Waals surface area (Å²) >= 11 is 5.07. The molecule has 1 saturated carbocycles. The summed E-state index contributed by atoms with van der Waals surface area (Å²) in [5.41, 5.74) is 7.86. The van der Waals surface area contributed by atoms with Gasteiger partial charge in [0.15, 0.2) is 0 Å². The molecule has 2 nitrogen and oxygen atoms in total. The van der Waals surface area contributed by atoms with E-state index in [4.69, 9.17) is 18.0 Å². The van der Waals surface area contributed by atoms with E-state index in [1.807, 2.05) is 18.2 Å². The molecule has 0 unspecified atom stereocenters. The normalized spacial score (nSPS) is 14.8. The Hall–Kier alpha value is -1.09. The van der Waals surface area contributed by atoms with Crippen molar-refractivity contribution < 1.29 is 0 Å². The third-order valence-corrected chi connectivity index (χ3v) is 3.37. The van der Waals surface area contributed by atoms with E-state index in [0.29, 0.717) is 4.99 Å². The highest BCUT2D eigenvalue weighted by molar-refractivity contribution is 7.80. The minimum atomic E-state index is 0.480. The van der Waals surface area contributed by atoms with Gasteiger partial charge in [-0.05, 0) is 24.5 Å². The van der Waals surface area contributed by atoms with Crippen LogP contribution in [0.4, 0.5) is 5.69 Å². The molecule has 86 valence electrons. The zero-order chi connectivity index (χ0) is 11.5. The van der Waals surface area contributed by atoms with Crippen molar-refractivity contribution in [2.24, 2.45) is 11.7 Å². The fourth-order valence-electron chi connectivity index (χ4n) is 1.92. The van der Waals surface area contributed by atoms with E-state index in [0.717, 1.165) is 23.7 Å². The predicted molar refractivity (Wildman–Crippen MR) is 72.9 cm³/mol. The molecule has 1 aliphatic rings. The average Bonchev–Trinajstić information content (AvgIpc) is 3.09. The van der Waals surface area contributed by atoms with Crippen molar-refractivity contribution in [1.29, 1.82) is 0 Å². The van der Waals surface area contributed by atoms with Crippen LogP contribution < -0.4 is 10.6 Å². The molecular weight excluding hydrogens is 216 g/mol. The minimum Gasteiger partial charge on any atom is -0.389 e. The minimum absolute atomic E-state index is 0.480. The Morgan fingerprint density at radius 1 is 1.44 bits per heavy atom. The van der Waals surface area contributed by atoms with Crippen LogP contribution in [0.2, 0.25) is 0 Å². The van der Waals surface area contributed by atoms with Gasteiger partial charge >= 0.3 is 0 Å². The Kier molecular flexibility index (Phi) is 3.44. The number of para-hydroxylation sites is 1. The first kappa shape index (κ1) is 11.4.